The molecule has 8 nitrogen and oxygen atoms in total. The summed E-state index contributed by atoms with van der Waals surface area (Å²) in [5.41, 5.74) is 0.993. The summed E-state index contributed by atoms with van der Waals surface area (Å²) in [6.07, 6.45) is 3.70. The second kappa shape index (κ2) is 7.70. The molecule has 0 spiro atoms. The average Bonchev–Trinajstić information content (AvgIpc) is 2.69. The maximum Gasteiger partial charge on any atom is 0.240 e. The molecule has 1 aliphatic heterocycles. The molecule has 1 fully saturated rings. The smallest absolute Gasteiger partial charge is 0.240 e. The van der Waals surface area contributed by atoms with Crippen LogP contribution in [0.2, 0.25) is 0 Å². The molecule has 3 aromatic rings. The monoisotopic (exact) mass is 399 g/mol. The first-order chi connectivity index (χ1) is 13.5. The van der Waals surface area contributed by atoms with Crippen LogP contribution in [0.25, 0.3) is 10.9 Å². The minimum absolute atomic E-state index is 0.0158. The summed E-state index contributed by atoms with van der Waals surface area (Å²) in [6.45, 7) is 1.86. The highest BCUT2D eigenvalue weighted by Crippen LogP contribution is 2.28. The highest BCUT2D eigenvalue weighted by atomic mass is 32.2. The number of nitrogens with one attached hydrogen (secondary N) is 2. The number of aromatic nitrogens is 2. The van der Waals surface area contributed by atoms with Gasteiger partial charge >= 0.3 is 0 Å². The van der Waals surface area contributed by atoms with Gasteiger partial charge in [-0.2, -0.15) is 0 Å². The van der Waals surface area contributed by atoms with Crippen LogP contribution in [0.15, 0.2) is 53.6 Å². The molecule has 9 heteroatoms. The minimum Gasteiger partial charge on any atom is -0.488 e. The summed E-state index contributed by atoms with van der Waals surface area (Å²) < 4.78 is 29.8. The fraction of sp³-hybridized carbons (Fsp3) is 0.263. The number of ether oxygens (including phenoxy) is 1. The summed E-state index contributed by atoms with van der Waals surface area (Å²) in [4.78, 5) is 8.83. The molecular weight excluding hydrogens is 378 g/mol. The largest absolute Gasteiger partial charge is 0.488 e. The van der Waals surface area contributed by atoms with Gasteiger partial charge in [-0.15, -0.1) is 0 Å². The van der Waals surface area contributed by atoms with E-state index >= 15 is 0 Å². The molecule has 0 radical (unpaired) electrons. The number of sulfonamides is 1. The number of nitrogens with two attached hydrogens (primary N) is 1. The normalized spacial score (nSPS) is 15.5. The Kier molecular flexibility index (Phi) is 5.12. The van der Waals surface area contributed by atoms with Crippen LogP contribution in [0.3, 0.4) is 0 Å². The van der Waals surface area contributed by atoms with Crippen LogP contribution >= 0.6 is 0 Å². The first kappa shape index (κ1) is 18.6. The van der Waals surface area contributed by atoms with Gasteiger partial charge in [0.05, 0.1) is 5.69 Å². The summed E-state index contributed by atoms with van der Waals surface area (Å²) in [5, 5.41) is 12.4. The zero-order valence-electron chi connectivity index (χ0n) is 15.1. The quantitative estimate of drug-likeness (QED) is 0.601. The number of hydrogen-bond acceptors (Lipinski definition) is 7. The fourth-order valence-corrected chi connectivity index (χ4v) is 3.91. The highest BCUT2D eigenvalue weighted by molar-refractivity contribution is 7.89. The number of primary sulfonamides is 1. The molecule has 1 aromatic heterocycles. The van der Waals surface area contributed by atoms with Crippen molar-refractivity contribution < 1.29 is 13.2 Å². The molecule has 2 aromatic carbocycles. The van der Waals surface area contributed by atoms with Crippen molar-refractivity contribution in [2.75, 3.05) is 18.4 Å². The van der Waals surface area contributed by atoms with Gasteiger partial charge in [-0.05, 0) is 44.1 Å². The van der Waals surface area contributed by atoms with E-state index in [2.05, 4.69) is 20.6 Å². The van der Waals surface area contributed by atoms with Crippen molar-refractivity contribution in [2.24, 2.45) is 5.14 Å². The molecule has 1 saturated heterocycles. The highest BCUT2D eigenvalue weighted by Gasteiger charge is 2.17. The van der Waals surface area contributed by atoms with E-state index in [1.807, 2.05) is 18.2 Å². The van der Waals surface area contributed by atoms with Gasteiger partial charge in [0.1, 0.15) is 22.3 Å². The Morgan fingerprint density at radius 2 is 1.89 bits per heavy atom. The number of rotatable bonds is 5. The lowest BCUT2D eigenvalue weighted by atomic mass is 10.1. The Balaban J connectivity index is 1.67. The summed E-state index contributed by atoms with van der Waals surface area (Å²) in [7, 11) is -3.87. The lowest BCUT2D eigenvalue weighted by Crippen LogP contribution is -2.34. The van der Waals surface area contributed by atoms with Crippen LogP contribution in [0, 0.1) is 0 Å². The zero-order chi connectivity index (χ0) is 19.6. The summed E-state index contributed by atoms with van der Waals surface area (Å²) in [6, 6.07) is 12.1. The Bertz CT molecular complexity index is 1100. The van der Waals surface area contributed by atoms with Crippen molar-refractivity contribution in [1.29, 1.82) is 0 Å². The number of para-hydroxylation sites is 2. The molecular formula is C19H21N5O3S. The molecule has 1 aliphatic rings. The van der Waals surface area contributed by atoms with Gasteiger partial charge in [0.2, 0.25) is 16.0 Å². The van der Waals surface area contributed by atoms with Gasteiger partial charge in [-0.3, -0.25) is 0 Å². The van der Waals surface area contributed by atoms with Gasteiger partial charge in [0, 0.05) is 11.6 Å². The van der Waals surface area contributed by atoms with Crippen molar-refractivity contribution >= 4 is 32.6 Å². The number of anilines is 2. The Hall–Kier alpha value is -2.75. The van der Waals surface area contributed by atoms with E-state index in [1.54, 1.807) is 24.4 Å². The van der Waals surface area contributed by atoms with E-state index in [0.29, 0.717) is 17.0 Å². The van der Waals surface area contributed by atoms with Crippen molar-refractivity contribution in [2.45, 2.75) is 23.8 Å². The first-order valence-electron chi connectivity index (χ1n) is 9.03. The summed E-state index contributed by atoms with van der Waals surface area (Å²) >= 11 is 0. The molecule has 28 heavy (non-hydrogen) atoms. The van der Waals surface area contributed by atoms with Gasteiger partial charge in [-0.25, -0.2) is 23.5 Å². The van der Waals surface area contributed by atoms with Crippen LogP contribution in [0.1, 0.15) is 12.8 Å². The molecule has 4 N–H and O–H groups in total. The van der Waals surface area contributed by atoms with Gasteiger partial charge < -0.3 is 15.4 Å². The minimum atomic E-state index is -3.87. The van der Waals surface area contributed by atoms with Crippen LogP contribution in [-0.2, 0) is 10.0 Å². The van der Waals surface area contributed by atoms with E-state index in [-0.39, 0.29) is 16.9 Å². The molecule has 4 rings (SSSR count). The number of hydrogen-bond donors (Lipinski definition) is 3. The average molecular weight is 399 g/mol. The van der Waals surface area contributed by atoms with E-state index in [0.717, 1.165) is 31.3 Å². The van der Waals surface area contributed by atoms with Crippen LogP contribution in [-0.4, -0.2) is 37.6 Å². The number of benzene rings is 2. The van der Waals surface area contributed by atoms with E-state index < -0.39 is 10.0 Å². The fourth-order valence-electron chi connectivity index (χ4n) is 3.22. The molecule has 0 amide bonds. The molecule has 0 bridgehead atoms. The Labute approximate surface area is 163 Å². The third-order valence-electron chi connectivity index (χ3n) is 4.59. The van der Waals surface area contributed by atoms with Crippen molar-refractivity contribution in [3.63, 3.8) is 0 Å². The van der Waals surface area contributed by atoms with Gasteiger partial charge in [0.15, 0.2) is 0 Å². The molecule has 0 atom stereocenters. The molecule has 0 unspecified atom stereocenters. The lowest BCUT2D eigenvalue weighted by molar-refractivity contribution is 0.164. The molecule has 146 valence electrons. The maximum atomic E-state index is 11.8. The Morgan fingerprint density at radius 1 is 1.11 bits per heavy atom. The van der Waals surface area contributed by atoms with Crippen LogP contribution in [0.4, 0.5) is 11.6 Å². The van der Waals surface area contributed by atoms with E-state index in [4.69, 9.17) is 9.88 Å². The number of fused-ring (bicyclic) bond motifs is 1. The Morgan fingerprint density at radius 3 is 2.68 bits per heavy atom. The lowest BCUT2D eigenvalue weighted by Gasteiger charge is -2.24. The third-order valence-corrected chi connectivity index (χ3v) is 5.56. The molecule has 2 heterocycles. The number of nitrogens with zero attached hydrogens (tertiary/aromatic N) is 2. The standard InChI is InChI=1S/C19H21N5O3S/c20-28(25,26)17-7-2-1-5-15(17)23-19-22-12-13-4-3-6-16(18(13)24-19)27-14-8-10-21-11-9-14/h1-7,12,14,21H,8-11H2,(H2,20,25,26)(H,22,23,24). The zero-order valence-corrected chi connectivity index (χ0v) is 15.9. The topological polar surface area (TPSA) is 119 Å². The molecule has 0 saturated carbocycles. The number of piperidine rings is 1. The summed E-state index contributed by atoms with van der Waals surface area (Å²) in [5.74, 6) is 0.958. The van der Waals surface area contributed by atoms with E-state index in [9.17, 15) is 8.42 Å². The van der Waals surface area contributed by atoms with Crippen LogP contribution in [0.5, 0.6) is 5.75 Å². The predicted molar refractivity (Wildman–Crippen MR) is 107 cm³/mol. The SMILES string of the molecule is NS(=O)(=O)c1ccccc1Nc1ncc2cccc(OC3CCNCC3)c2n1. The van der Waals surface area contributed by atoms with Crippen molar-refractivity contribution in [3.05, 3.63) is 48.7 Å². The second-order valence-corrected chi connectivity index (χ2v) is 8.15. The maximum absolute atomic E-state index is 11.8. The predicted octanol–water partition coefficient (Wildman–Crippen LogP) is 2.15. The first-order valence-corrected chi connectivity index (χ1v) is 10.6. The van der Waals surface area contributed by atoms with Crippen LogP contribution < -0.4 is 20.5 Å². The van der Waals surface area contributed by atoms with Crippen molar-refractivity contribution in [3.8, 4) is 5.75 Å². The van der Waals surface area contributed by atoms with Gasteiger partial charge in [0.25, 0.3) is 0 Å². The van der Waals surface area contributed by atoms with Crippen molar-refractivity contribution in [1.82, 2.24) is 15.3 Å². The van der Waals surface area contributed by atoms with E-state index in [1.165, 1.54) is 6.07 Å². The molecule has 0 aliphatic carbocycles. The second-order valence-electron chi connectivity index (χ2n) is 6.62. The third kappa shape index (κ3) is 4.06. The van der Waals surface area contributed by atoms with Gasteiger partial charge in [-0.1, -0.05) is 24.3 Å².